The van der Waals surface area contributed by atoms with Crippen LogP contribution < -0.4 is 5.32 Å². The maximum absolute atomic E-state index is 12.7. The molecule has 2 N–H and O–H groups in total. The SMILES string of the molecule is O=C(O)N1CC[C@@H](CNc2cc(C(F)(F)F)ccc2[N+](=O)[O-])C1. The van der Waals surface area contributed by atoms with E-state index in [-0.39, 0.29) is 24.7 Å². The molecule has 1 aliphatic heterocycles. The van der Waals surface area contributed by atoms with Crippen molar-refractivity contribution in [2.75, 3.05) is 25.0 Å². The summed E-state index contributed by atoms with van der Waals surface area (Å²) in [5, 5.41) is 22.4. The van der Waals surface area contributed by atoms with E-state index in [1.54, 1.807) is 0 Å². The summed E-state index contributed by atoms with van der Waals surface area (Å²) >= 11 is 0. The predicted molar refractivity (Wildman–Crippen MR) is 74.3 cm³/mol. The highest BCUT2D eigenvalue weighted by molar-refractivity contribution is 5.65. The summed E-state index contributed by atoms with van der Waals surface area (Å²) in [5.41, 5.74) is -1.66. The zero-order valence-corrected chi connectivity index (χ0v) is 11.8. The molecule has 0 aliphatic carbocycles. The fourth-order valence-corrected chi connectivity index (χ4v) is 2.44. The molecular weight excluding hydrogens is 319 g/mol. The molecule has 1 aromatic rings. The smallest absolute Gasteiger partial charge is 0.416 e. The van der Waals surface area contributed by atoms with Gasteiger partial charge in [-0.05, 0) is 24.5 Å². The third-order valence-electron chi connectivity index (χ3n) is 3.66. The van der Waals surface area contributed by atoms with E-state index < -0.39 is 28.4 Å². The molecule has 0 unspecified atom stereocenters. The minimum atomic E-state index is -4.60. The molecule has 1 atom stereocenters. The highest BCUT2D eigenvalue weighted by Gasteiger charge is 2.33. The van der Waals surface area contributed by atoms with Crippen molar-refractivity contribution < 1.29 is 28.0 Å². The Morgan fingerprint density at radius 3 is 2.70 bits per heavy atom. The van der Waals surface area contributed by atoms with E-state index in [2.05, 4.69) is 5.32 Å². The Balaban J connectivity index is 2.11. The first-order valence-electron chi connectivity index (χ1n) is 6.76. The number of hydrogen-bond acceptors (Lipinski definition) is 4. The van der Waals surface area contributed by atoms with Crippen LogP contribution in [0.3, 0.4) is 0 Å². The van der Waals surface area contributed by atoms with E-state index in [4.69, 9.17) is 5.11 Å². The molecule has 23 heavy (non-hydrogen) atoms. The van der Waals surface area contributed by atoms with Gasteiger partial charge in [0.25, 0.3) is 5.69 Å². The van der Waals surface area contributed by atoms with Crippen molar-refractivity contribution in [3.05, 3.63) is 33.9 Å². The summed E-state index contributed by atoms with van der Waals surface area (Å²) in [6, 6.07) is 2.16. The fourth-order valence-electron chi connectivity index (χ4n) is 2.44. The summed E-state index contributed by atoms with van der Waals surface area (Å²) in [6.07, 6.45) is -5.11. The minimum absolute atomic E-state index is 0.111. The van der Waals surface area contributed by atoms with Crippen LogP contribution >= 0.6 is 0 Å². The van der Waals surface area contributed by atoms with Crippen LogP contribution in [0, 0.1) is 16.0 Å². The quantitative estimate of drug-likeness (QED) is 0.652. The normalized spacial score (nSPS) is 18.0. The number of nitro benzene ring substituents is 1. The highest BCUT2D eigenvalue weighted by Crippen LogP contribution is 2.35. The summed E-state index contributed by atoms with van der Waals surface area (Å²) in [6.45, 7) is 0.743. The summed E-state index contributed by atoms with van der Waals surface area (Å²) in [7, 11) is 0. The molecule has 0 aromatic heterocycles. The molecule has 0 bridgehead atoms. The zero-order chi connectivity index (χ0) is 17.2. The van der Waals surface area contributed by atoms with Crippen molar-refractivity contribution >= 4 is 17.5 Å². The van der Waals surface area contributed by atoms with E-state index >= 15 is 0 Å². The van der Waals surface area contributed by atoms with E-state index in [0.29, 0.717) is 25.1 Å². The third kappa shape index (κ3) is 4.02. The van der Waals surface area contributed by atoms with Crippen LogP contribution in [0.25, 0.3) is 0 Å². The van der Waals surface area contributed by atoms with Gasteiger partial charge in [0.15, 0.2) is 0 Å². The second-order valence-corrected chi connectivity index (χ2v) is 5.25. The summed E-state index contributed by atoms with van der Waals surface area (Å²) in [5.74, 6) is -0.111. The molecule has 0 radical (unpaired) electrons. The lowest BCUT2D eigenvalue weighted by Gasteiger charge is -2.15. The van der Waals surface area contributed by atoms with Gasteiger partial charge in [-0.2, -0.15) is 13.2 Å². The van der Waals surface area contributed by atoms with Crippen molar-refractivity contribution in [2.24, 2.45) is 5.92 Å². The maximum Gasteiger partial charge on any atom is 0.416 e. The molecule has 1 fully saturated rings. The van der Waals surface area contributed by atoms with Crippen molar-refractivity contribution in [1.82, 2.24) is 4.90 Å². The predicted octanol–water partition coefficient (Wildman–Crippen LogP) is 3.03. The Bertz CT molecular complexity index is 621. The number of benzene rings is 1. The van der Waals surface area contributed by atoms with Crippen LogP contribution in [-0.4, -0.2) is 40.7 Å². The Morgan fingerprint density at radius 1 is 1.48 bits per heavy atom. The molecular formula is C13H14F3N3O4. The van der Waals surface area contributed by atoms with Gasteiger partial charge in [-0.25, -0.2) is 4.79 Å². The summed E-state index contributed by atoms with van der Waals surface area (Å²) in [4.78, 5) is 22.2. The number of likely N-dealkylation sites (tertiary alicyclic amines) is 1. The number of hydrogen-bond donors (Lipinski definition) is 2. The largest absolute Gasteiger partial charge is 0.465 e. The molecule has 126 valence electrons. The maximum atomic E-state index is 12.7. The number of anilines is 1. The van der Waals surface area contributed by atoms with Crippen LogP contribution in [0.5, 0.6) is 0 Å². The van der Waals surface area contributed by atoms with Crippen molar-refractivity contribution in [3.63, 3.8) is 0 Å². The minimum Gasteiger partial charge on any atom is -0.465 e. The number of nitrogens with one attached hydrogen (secondary N) is 1. The number of rotatable bonds is 4. The molecule has 1 heterocycles. The first-order valence-corrected chi connectivity index (χ1v) is 6.76. The average Bonchev–Trinajstić information content (AvgIpc) is 2.92. The molecule has 1 aliphatic rings. The number of halogens is 3. The third-order valence-corrected chi connectivity index (χ3v) is 3.66. The number of alkyl halides is 3. The van der Waals surface area contributed by atoms with Crippen molar-refractivity contribution in [2.45, 2.75) is 12.6 Å². The lowest BCUT2D eigenvalue weighted by Crippen LogP contribution is -2.28. The zero-order valence-electron chi connectivity index (χ0n) is 11.8. The van der Waals surface area contributed by atoms with Gasteiger partial charge in [-0.15, -0.1) is 0 Å². The lowest BCUT2D eigenvalue weighted by atomic mass is 10.1. The van der Waals surface area contributed by atoms with Crippen LogP contribution in [-0.2, 0) is 6.18 Å². The van der Waals surface area contributed by atoms with Gasteiger partial charge in [-0.3, -0.25) is 10.1 Å². The van der Waals surface area contributed by atoms with Gasteiger partial charge in [0.2, 0.25) is 0 Å². The van der Waals surface area contributed by atoms with Gasteiger partial charge in [0, 0.05) is 25.7 Å². The molecule has 7 nitrogen and oxygen atoms in total. The molecule has 10 heteroatoms. The number of nitro groups is 1. The van der Waals surface area contributed by atoms with Gasteiger partial charge >= 0.3 is 12.3 Å². The average molecular weight is 333 g/mol. The molecule has 1 saturated heterocycles. The Labute approximate surface area is 128 Å². The van der Waals surface area contributed by atoms with Crippen molar-refractivity contribution in [1.29, 1.82) is 0 Å². The Hall–Kier alpha value is -2.52. The topological polar surface area (TPSA) is 95.7 Å². The molecule has 0 spiro atoms. The molecule has 1 aromatic carbocycles. The van der Waals surface area contributed by atoms with Crippen molar-refractivity contribution in [3.8, 4) is 0 Å². The Kier molecular flexibility index (Phi) is 4.62. The Morgan fingerprint density at radius 2 is 2.17 bits per heavy atom. The number of carboxylic acid groups (broad SMARTS) is 1. The highest BCUT2D eigenvalue weighted by atomic mass is 19.4. The number of carbonyl (C=O) groups is 1. The van der Waals surface area contributed by atoms with E-state index in [9.17, 15) is 28.1 Å². The van der Waals surface area contributed by atoms with Crippen LogP contribution in [0.4, 0.5) is 29.3 Å². The molecule has 1 amide bonds. The molecule has 2 rings (SSSR count). The van der Waals surface area contributed by atoms with E-state index in [1.165, 1.54) is 4.90 Å². The first-order chi connectivity index (χ1) is 10.7. The van der Waals surface area contributed by atoms with Crippen LogP contribution in [0.2, 0.25) is 0 Å². The first kappa shape index (κ1) is 16.8. The lowest BCUT2D eigenvalue weighted by molar-refractivity contribution is -0.384. The van der Waals surface area contributed by atoms with Gasteiger partial charge < -0.3 is 15.3 Å². The van der Waals surface area contributed by atoms with Gasteiger partial charge in [0.1, 0.15) is 5.69 Å². The second-order valence-electron chi connectivity index (χ2n) is 5.25. The number of nitrogens with zero attached hydrogens (tertiary/aromatic N) is 2. The summed E-state index contributed by atoms with van der Waals surface area (Å²) < 4.78 is 38.1. The fraction of sp³-hybridized carbons (Fsp3) is 0.462. The van der Waals surface area contributed by atoms with Gasteiger partial charge in [0.05, 0.1) is 10.5 Å². The van der Waals surface area contributed by atoms with E-state index in [0.717, 1.165) is 6.07 Å². The standard InChI is InChI=1S/C13H14F3N3O4/c14-13(15,16)9-1-2-11(19(22)23)10(5-9)17-6-8-3-4-18(7-8)12(20)21/h1-2,5,8,17H,3-4,6-7H2,(H,20,21)/t8-/m0/s1. The number of amides is 1. The van der Waals surface area contributed by atoms with Crippen LogP contribution in [0.15, 0.2) is 18.2 Å². The monoisotopic (exact) mass is 333 g/mol. The second kappa shape index (κ2) is 6.31. The van der Waals surface area contributed by atoms with E-state index in [1.807, 2.05) is 0 Å². The van der Waals surface area contributed by atoms with Gasteiger partial charge in [-0.1, -0.05) is 0 Å². The molecule has 0 saturated carbocycles. The van der Waals surface area contributed by atoms with Crippen LogP contribution in [0.1, 0.15) is 12.0 Å².